The van der Waals surface area contributed by atoms with E-state index in [9.17, 15) is 0 Å². The number of rotatable bonds is 7. The van der Waals surface area contributed by atoms with E-state index >= 15 is 0 Å². The zero-order valence-electron chi connectivity index (χ0n) is 22.8. The molecule has 0 heterocycles. The van der Waals surface area contributed by atoms with Gasteiger partial charge in [-0.1, -0.05) is 66.2 Å². The van der Waals surface area contributed by atoms with Crippen LogP contribution in [0.4, 0.5) is 0 Å². The Kier molecular flexibility index (Phi) is 5.63. The van der Waals surface area contributed by atoms with Crippen LogP contribution in [0.3, 0.4) is 0 Å². The van der Waals surface area contributed by atoms with Gasteiger partial charge in [-0.2, -0.15) is 0 Å². The molecule has 0 aromatic carbocycles. The summed E-state index contributed by atoms with van der Waals surface area (Å²) < 4.78 is 2.72. The van der Waals surface area contributed by atoms with Crippen molar-refractivity contribution in [2.45, 2.75) is 78.9 Å². The van der Waals surface area contributed by atoms with Crippen LogP contribution in [0.5, 0.6) is 0 Å². The smallest absolute Gasteiger partial charge is 0.185 e. The lowest BCUT2D eigenvalue weighted by Gasteiger charge is -2.65. The van der Waals surface area contributed by atoms with E-state index in [1.165, 1.54) is 34.7 Å². The predicted molar refractivity (Wildman–Crippen MR) is 137 cm³/mol. The summed E-state index contributed by atoms with van der Waals surface area (Å²) in [5, 5.41) is 0. The van der Waals surface area contributed by atoms with Crippen molar-refractivity contribution in [1.82, 2.24) is 0 Å². The Bertz CT molecular complexity index is 599. The van der Waals surface area contributed by atoms with E-state index in [-0.39, 0.29) is 14.8 Å². The second kappa shape index (κ2) is 7.28. The summed E-state index contributed by atoms with van der Waals surface area (Å²) in [7, 11) is 10.5. The van der Waals surface area contributed by atoms with Crippen molar-refractivity contribution in [1.29, 1.82) is 0 Å². The largest absolute Gasteiger partial charge is 0.520 e. The van der Waals surface area contributed by atoms with E-state index in [0.29, 0.717) is 10.8 Å². The molecule has 6 fully saturated rings. The van der Waals surface area contributed by atoms with Gasteiger partial charge in [0.15, 0.2) is 14.8 Å². The van der Waals surface area contributed by atoms with Gasteiger partial charge in [-0.25, -0.2) is 0 Å². The number of likely N-dealkylation sites (N-methyl/N-ethyl adjacent to an activating group) is 2. The van der Waals surface area contributed by atoms with E-state index < -0.39 is 0 Å². The summed E-state index contributed by atoms with van der Waals surface area (Å²) in [6, 6.07) is 0. The van der Waals surface area contributed by atoms with Crippen molar-refractivity contribution >= 4 is 14.8 Å². The third-order valence-corrected chi connectivity index (χ3v) is 13.0. The van der Waals surface area contributed by atoms with E-state index in [2.05, 4.69) is 69.7 Å². The van der Waals surface area contributed by atoms with Crippen molar-refractivity contribution < 1.29 is 8.79 Å². The molecule has 30 heavy (non-hydrogen) atoms. The maximum Gasteiger partial charge on any atom is 0.185 e. The molecular weight excluding hydrogens is 362 g/mol. The summed E-state index contributed by atoms with van der Waals surface area (Å²) in [5.41, 5.74) is 1.30. The highest BCUT2D eigenvalue weighted by atomic mass is 15.3. The highest BCUT2D eigenvalue weighted by Gasteiger charge is 2.56. The molecule has 0 saturated heterocycles. The molecule has 2 nitrogen and oxygen atoms in total. The first-order chi connectivity index (χ1) is 13.6. The zero-order chi connectivity index (χ0) is 22.3. The fraction of sp³-hybridized carbons (Fsp3) is 1.00. The summed E-state index contributed by atoms with van der Waals surface area (Å²) in [6.45, 7) is 18.3. The van der Waals surface area contributed by atoms with Crippen LogP contribution in [0, 0.1) is 46.3 Å². The molecule has 4 heteroatoms. The number of nitrogens with zero attached hydrogens (tertiary/aromatic N) is 2. The normalized spacial score (nSPS) is 44.2. The first-order valence-electron chi connectivity index (χ1n) is 13.9. The lowest BCUT2D eigenvalue weighted by molar-refractivity contribution is -0.841. The van der Waals surface area contributed by atoms with Gasteiger partial charge in [0, 0.05) is 28.2 Å². The Balaban J connectivity index is 1.28. The third kappa shape index (κ3) is 3.85. The molecule has 6 aliphatic carbocycles. The Morgan fingerprint density at radius 2 is 0.967 bits per heavy atom. The van der Waals surface area contributed by atoms with Crippen molar-refractivity contribution in [2.75, 3.05) is 41.3 Å². The molecule has 0 radical (unpaired) electrons. The minimum atomic E-state index is 0.0603. The van der Waals surface area contributed by atoms with Gasteiger partial charge in [-0.05, 0) is 47.3 Å². The Hall–Kier alpha value is 0.0499. The van der Waals surface area contributed by atoms with Crippen LogP contribution >= 0.6 is 0 Å². The molecule has 8 atom stereocenters. The van der Waals surface area contributed by atoms with Crippen molar-refractivity contribution in [3.63, 3.8) is 0 Å². The Labute approximate surface area is 190 Å². The molecule has 0 aliphatic heterocycles. The molecule has 0 aromatic heterocycles. The average Bonchev–Trinajstić information content (AvgIpc) is 2.62. The molecule has 6 aliphatic rings. The molecule has 0 spiro atoms. The molecule has 174 valence electrons. The second-order valence-corrected chi connectivity index (χ2v) is 16.4. The molecule has 6 rings (SSSR count). The van der Waals surface area contributed by atoms with Crippen molar-refractivity contribution in [3.8, 4) is 0 Å². The van der Waals surface area contributed by atoms with E-state index in [1.807, 2.05) is 0 Å². The fourth-order valence-electron chi connectivity index (χ4n) is 10.2. The van der Waals surface area contributed by atoms with Crippen molar-refractivity contribution in [3.05, 3.63) is 0 Å². The van der Waals surface area contributed by atoms with Gasteiger partial charge >= 0.3 is 0 Å². The van der Waals surface area contributed by atoms with Gasteiger partial charge in [0.05, 0.1) is 13.1 Å². The SMILES string of the molecule is C[C@H]1[C@H]([BH2-][N+](C)(C)CC[N+](C)(C)[BH2-][C@@H]2C[C@@H]3C[C@H]([C@H]2C)C3(C)C)C[C@@H]2C[C@H]1C2(C)C. The van der Waals surface area contributed by atoms with Gasteiger partial charge in [0.25, 0.3) is 0 Å². The second-order valence-electron chi connectivity index (χ2n) is 16.4. The van der Waals surface area contributed by atoms with Gasteiger partial charge in [-0.3, -0.25) is 0 Å². The molecule has 0 unspecified atom stereocenters. The van der Waals surface area contributed by atoms with Gasteiger partial charge in [-0.15, -0.1) is 11.6 Å². The first-order valence-corrected chi connectivity index (χ1v) is 13.9. The number of hydrogen-bond donors (Lipinski definition) is 0. The topological polar surface area (TPSA) is 0 Å². The third-order valence-electron chi connectivity index (χ3n) is 13.0. The zero-order valence-corrected chi connectivity index (χ0v) is 22.8. The summed E-state index contributed by atoms with van der Waals surface area (Å²) in [5.74, 6) is 8.24. The van der Waals surface area contributed by atoms with Crippen LogP contribution < -0.4 is 0 Å². The number of fused-ring (bicyclic) bond motifs is 4. The molecule has 0 N–H and O–H groups in total. The maximum absolute atomic E-state index is 2.61. The van der Waals surface area contributed by atoms with Gasteiger partial charge in [0.1, 0.15) is 0 Å². The highest BCUT2D eigenvalue weighted by molar-refractivity contribution is 6.29. The van der Waals surface area contributed by atoms with Crippen LogP contribution in [0.15, 0.2) is 0 Å². The lowest BCUT2D eigenvalue weighted by Crippen LogP contribution is -2.60. The number of hydrogen-bond acceptors (Lipinski definition) is 0. The monoisotopic (exact) mass is 416 g/mol. The molecule has 6 saturated carbocycles. The summed E-state index contributed by atoms with van der Waals surface area (Å²) in [6.07, 6.45) is 6.18. The minimum absolute atomic E-state index is 0.0603. The van der Waals surface area contributed by atoms with Gasteiger partial charge in [0.2, 0.25) is 0 Å². The van der Waals surface area contributed by atoms with Crippen molar-refractivity contribution in [2.24, 2.45) is 46.3 Å². The average molecular weight is 416 g/mol. The van der Waals surface area contributed by atoms with E-state index in [4.69, 9.17) is 0 Å². The summed E-state index contributed by atoms with van der Waals surface area (Å²) in [4.78, 5) is 0. The molecule has 4 bridgehead atoms. The Morgan fingerprint density at radius 1 is 0.633 bits per heavy atom. The van der Waals surface area contributed by atoms with Crippen LogP contribution in [0.2, 0.25) is 11.6 Å². The van der Waals surface area contributed by atoms with Crippen LogP contribution in [-0.2, 0) is 0 Å². The van der Waals surface area contributed by atoms with Crippen LogP contribution in [-0.4, -0.2) is 64.9 Å². The lowest BCUT2D eigenvalue weighted by atomic mass is 9.39. The Morgan fingerprint density at radius 3 is 1.23 bits per heavy atom. The van der Waals surface area contributed by atoms with Crippen LogP contribution in [0.1, 0.15) is 67.2 Å². The van der Waals surface area contributed by atoms with E-state index in [0.717, 1.165) is 47.1 Å². The van der Waals surface area contributed by atoms with E-state index in [1.54, 1.807) is 12.8 Å². The maximum atomic E-state index is 2.61. The highest BCUT2D eigenvalue weighted by Crippen LogP contribution is 2.65. The summed E-state index contributed by atoms with van der Waals surface area (Å²) >= 11 is 0. The standard InChI is InChI=1S/C26H54B2N2/c1-17-21-13-19(25(21,3)4)15-23(17)27-29(7,8)11-12-30(9,10)28-24-16-20-14-22(18(24)2)26(20,5)6/h17-24H,11-16,27-28H2,1-10H3/t17-,18-,19+,20+,21-,22-,23-,24-/m1/s1. The molecule has 0 aromatic rings. The fourth-order valence-corrected chi connectivity index (χ4v) is 10.2. The predicted octanol–water partition coefficient (Wildman–Crippen LogP) is 4.29. The van der Waals surface area contributed by atoms with Crippen LogP contribution in [0.25, 0.3) is 0 Å². The number of quaternary nitrogens is 2. The van der Waals surface area contributed by atoms with Gasteiger partial charge < -0.3 is 8.79 Å². The quantitative estimate of drug-likeness (QED) is 0.544. The molecule has 0 amide bonds. The minimum Gasteiger partial charge on any atom is -0.520 e. The molecular formula is C26H54B2N2. The first kappa shape index (κ1) is 23.2.